The standard InChI is InChI=1S/C13H21N3O5/c1-5-6-13(2,11(19)21-4)14-9(17)7-16-10(18)8-15(3)12(16)20/h5-8H2,1-4H3,(H,14,17). The van der Waals surface area contributed by atoms with Gasteiger partial charge < -0.3 is 15.0 Å². The maximum Gasteiger partial charge on any atom is 0.331 e. The largest absolute Gasteiger partial charge is 0.467 e. The molecule has 1 aliphatic heterocycles. The molecular formula is C13H21N3O5. The minimum atomic E-state index is -1.17. The minimum Gasteiger partial charge on any atom is -0.467 e. The van der Waals surface area contributed by atoms with Gasteiger partial charge >= 0.3 is 12.0 Å². The van der Waals surface area contributed by atoms with Crippen molar-refractivity contribution in [1.82, 2.24) is 15.1 Å². The Kier molecular flexibility index (Phi) is 5.28. The van der Waals surface area contributed by atoms with Crippen molar-refractivity contribution in [3.8, 4) is 0 Å². The van der Waals surface area contributed by atoms with Crippen LogP contribution in [0.4, 0.5) is 4.79 Å². The quantitative estimate of drug-likeness (QED) is 0.538. The van der Waals surface area contributed by atoms with Gasteiger partial charge in [0, 0.05) is 7.05 Å². The van der Waals surface area contributed by atoms with Gasteiger partial charge in [-0.1, -0.05) is 13.3 Å². The Hall–Kier alpha value is -2.12. The normalized spacial score (nSPS) is 17.7. The fourth-order valence-electron chi connectivity index (χ4n) is 2.26. The summed E-state index contributed by atoms with van der Waals surface area (Å²) in [6, 6.07) is -0.523. The van der Waals surface area contributed by atoms with Gasteiger partial charge in [0.2, 0.25) is 5.91 Å². The van der Waals surface area contributed by atoms with Crippen LogP contribution < -0.4 is 5.32 Å². The predicted molar refractivity (Wildman–Crippen MR) is 73.2 cm³/mol. The van der Waals surface area contributed by atoms with Crippen LogP contribution >= 0.6 is 0 Å². The van der Waals surface area contributed by atoms with E-state index in [-0.39, 0.29) is 6.54 Å². The number of hydrogen-bond acceptors (Lipinski definition) is 5. The molecule has 1 rings (SSSR count). The highest BCUT2D eigenvalue weighted by Gasteiger charge is 2.38. The van der Waals surface area contributed by atoms with Gasteiger partial charge in [-0.3, -0.25) is 14.5 Å². The molecule has 0 radical (unpaired) electrons. The monoisotopic (exact) mass is 299 g/mol. The third kappa shape index (κ3) is 3.71. The third-order valence-corrected chi connectivity index (χ3v) is 3.33. The van der Waals surface area contributed by atoms with E-state index in [1.807, 2.05) is 6.92 Å². The van der Waals surface area contributed by atoms with Crippen molar-refractivity contribution in [1.29, 1.82) is 0 Å². The number of carbonyl (C=O) groups is 4. The lowest BCUT2D eigenvalue weighted by Crippen LogP contribution is -2.55. The molecule has 0 spiro atoms. The van der Waals surface area contributed by atoms with Crippen molar-refractivity contribution in [2.75, 3.05) is 27.2 Å². The summed E-state index contributed by atoms with van der Waals surface area (Å²) in [5.41, 5.74) is -1.17. The number of carbonyl (C=O) groups excluding carboxylic acids is 4. The molecule has 0 aliphatic carbocycles. The van der Waals surface area contributed by atoms with Gasteiger partial charge in [-0.15, -0.1) is 0 Å². The van der Waals surface area contributed by atoms with E-state index in [1.54, 1.807) is 6.92 Å². The summed E-state index contributed by atoms with van der Waals surface area (Å²) in [5.74, 6) is -1.57. The zero-order valence-electron chi connectivity index (χ0n) is 12.8. The molecule has 1 atom stereocenters. The van der Waals surface area contributed by atoms with E-state index in [0.717, 1.165) is 4.90 Å². The van der Waals surface area contributed by atoms with Gasteiger partial charge in [0.1, 0.15) is 18.6 Å². The maximum absolute atomic E-state index is 12.0. The topological polar surface area (TPSA) is 96.0 Å². The number of amides is 4. The van der Waals surface area contributed by atoms with Crippen LogP contribution in [0.2, 0.25) is 0 Å². The van der Waals surface area contributed by atoms with E-state index in [0.29, 0.717) is 12.8 Å². The first-order valence-corrected chi connectivity index (χ1v) is 6.70. The first-order valence-electron chi connectivity index (χ1n) is 6.70. The van der Waals surface area contributed by atoms with Crippen LogP contribution in [0.25, 0.3) is 0 Å². The van der Waals surface area contributed by atoms with Crippen molar-refractivity contribution < 1.29 is 23.9 Å². The number of nitrogens with zero attached hydrogens (tertiary/aromatic N) is 2. The molecule has 0 aromatic heterocycles. The number of esters is 1. The number of urea groups is 1. The number of hydrogen-bond donors (Lipinski definition) is 1. The molecule has 8 heteroatoms. The summed E-state index contributed by atoms with van der Waals surface area (Å²) in [6.07, 6.45) is 1.06. The average molecular weight is 299 g/mol. The summed E-state index contributed by atoms with van der Waals surface area (Å²) in [4.78, 5) is 49.2. The molecule has 0 bridgehead atoms. The number of rotatable bonds is 6. The summed E-state index contributed by atoms with van der Waals surface area (Å²) in [7, 11) is 2.72. The van der Waals surface area contributed by atoms with Crippen molar-refractivity contribution in [2.24, 2.45) is 0 Å². The molecule has 1 aliphatic rings. The van der Waals surface area contributed by atoms with E-state index in [2.05, 4.69) is 10.1 Å². The van der Waals surface area contributed by atoms with Gasteiger partial charge in [0.05, 0.1) is 7.11 Å². The van der Waals surface area contributed by atoms with Gasteiger partial charge in [-0.05, 0) is 13.3 Å². The fraction of sp³-hybridized carbons (Fsp3) is 0.692. The molecule has 0 aromatic carbocycles. The number of imide groups is 1. The van der Waals surface area contributed by atoms with Gasteiger partial charge in [0.15, 0.2) is 0 Å². The molecule has 1 N–H and O–H groups in total. The summed E-state index contributed by atoms with van der Waals surface area (Å²) >= 11 is 0. The lowest BCUT2D eigenvalue weighted by molar-refractivity contribution is -0.150. The molecule has 118 valence electrons. The predicted octanol–water partition coefficient (Wildman–Crippen LogP) is -0.272. The van der Waals surface area contributed by atoms with Gasteiger partial charge in [-0.25, -0.2) is 9.59 Å². The summed E-state index contributed by atoms with van der Waals surface area (Å²) in [5, 5.41) is 2.55. The van der Waals surface area contributed by atoms with Crippen molar-refractivity contribution in [3.63, 3.8) is 0 Å². The first-order chi connectivity index (χ1) is 9.75. The minimum absolute atomic E-state index is 0.0463. The van der Waals surface area contributed by atoms with E-state index < -0.39 is 35.9 Å². The Morgan fingerprint density at radius 2 is 2.00 bits per heavy atom. The van der Waals surface area contributed by atoms with Crippen molar-refractivity contribution >= 4 is 23.8 Å². The van der Waals surface area contributed by atoms with Crippen LogP contribution in [0.3, 0.4) is 0 Å². The second-order valence-electron chi connectivity index (χ2n) is 5.24. The molecule has 1 unspecified atom stereocenters. The SMILES string of the molecule is CCCC(C)(NC(=O)CN1C(=O)CN(C)C1=O)C(=O)OC. The van der Waals surface area contributed by atoms with Crippen LogP contribution in [0, 0.1) is 0 Å². The Morgan fingerprint density at radius 3 is 2.43 bits per heavy atom. The van der Waals surface area contributed by atoms with Gasteiger partial charge in [0.25, 0.3) is 5.91 Å². The smallest absolute Gasteiger partial charge is 0.331 e. The average Bonchev–Trinajstić information content (AvgIpc) is 2.64. The molecule has 1 heterocycles. The van der Waals surface area contributed by atoms with E-state index in [1.165, 1.54) is 19.1 Å². The number of nitrogens with one attached hydrogen (secondary N) is 1. The van der Waals surface area contributed by atoms with E-state index in [4.69, 9.17) is 0 Å². The summed E-state index contributed by atoms with van der Waals surface area (Å²) in [6.45, 7) is 2.98. The van der Waals surface area contributed by atoms with Crippen molar-refractivity contribution in [3.05, 3.63) is 0 Å². The zero-order valence-corrected chi connectivity index (χ0v) is 12.8. The highest BCUT2D eigenvalue weighted by Crippen LogP contribution is 2.15. The second-order valence-corrected chi connectivity index (χ2v) is 5.24. The summed E-state index contributed by atoms with van der Waals surface area (Å²) < 4.78 is 4.69. The Bertz CT molecular complexity index is 465. The van der Waals surface area contributed by atoms with Crippen LogP contribution in [0.5, 0.6) is 0 Å². The number of ether oxygens (including phenoxy) is 1. The maximum atomic E-state index is 12.0. The van der Waals surface area contributed by atoms with E-state index in [9.17, 15) is 19.2 Å². The molecule has 21 heavy (non-hydrogen) atoms. The molecule has 8 nitrogen and oxygen atoms in total. The Balaban J connectivity index is 2.73. The van der Waals surface area contributed by atoms with Crippen molar-refractivity contribution in [2.45, 2.75) is 32.2 Å². The van der Waals surface area contributed by atoms with Crippen LogP contribution in [0.1, 0.15) is 26.7 Å². The number of methoxy groups -OCH3 is 1. The zero-order chi connectivity index (χ0) is 16.2. The lowest BCUT2D eigenvalue weighted by atomic mass is 9.96. The van der Waals surface area contributed by atoms with Crippen LogP contribution in [-0.4, -0.2) is 66.4 Å². The highest BCUT2D eigenvalue weighted by molar-refractivity contribution is 6.04. The van der Waals surface area contributed by atoms with Crippen LogP contribution in [0.15, 0.2) is 0 Å². The Labute approximate surface area is 123 Å². The molecule has 1 fully saturated rings. The second kappa shape index (κ2) is 6.55. The molecular weight excluding hydrogens is 278 g/mol. The lowest BCUT2D eigenvalue weighted by Gasteiger charge is -2.28. The molecule has 0 saturated carbocycles. The van der Waals surface area contributed by atoms with Gasteiger partial charge in [-0.2, -0.15) is 0 Å². The first kappa shape index (κ1) is 16.9. The number of likely N-dealkylation sites (N-methyl/N-ethyl adjacent to an activating group) is 1. The fourth-order valence-corrected chi connectivity index (χ4v) is 2.26. The molecule has 4 amide bonds. The molecule has 0 aromatic rings. The Morgan fingerprint density at radius 1 is 1.38 bits per heavy atom. The van der Waals surface area contributed by atoms with Crippen LogP contribution in [-0.2, 0) is 19.1 Å². The molecule has 1 saturated heterocycles. The third-order valence-electron chi connectivity index (χ3n) is 3.33. The van der Waals surface area contributed by atoms with E-state index >= 15 is 0 Å². The highest BCUT2D eigenvalue weighted by atomic mass is 16.5.